The van der Waals surface area contributed by atoms with Gasteiger partial charge in [-0.25, -0.2) is 9.97 Å². The molecule has 0 aliphatic carbocycles. The third-order valence-electron chi connectivity index (χ3n) is 4.31. The maximum atomic E-state index is 4.98. The Bertz CT molecular complexity index is 1030. The van der Waals surface area contributed by atoms with Crippen LogP contribution in [-0.4, -0.2) is 9.97 Å². The van der Waals surface area contributed by atoms with Crippen LogP contribution in [0.2, 0.25) is 0 Å². The average molecular weight is 312 g/mol. The third kappa shape index (κ3) is 2.44. The second-order valence-electron chi connectivity index (χ2n) is 7.19. The van der Waals surface area contributed by atoms with E-state index in [2.05, 4.69) is 81.4 Å². The van der Waals surface area contributed by atoms with Crippen molar-refractivity contribution in [3.05, 3.63) is 72.6 Å². The first kappa shape index (κ1) is 14.8. The third-order valence-corrected chi connectivity index (χ3v) is 4.31. The normalized spacial score (nSPS) is 12.0. The van der Waals surface area contributed by atoms with Crippen LogP contribution in [-0.2, 0) is 5.41 Å². The number of rotatable bonds is 1. The lowest BCUT2D eigenvalue weighted by Crippen LogP contribution is -2.16. The number of fused-ring (bicyclic) bond motifs is 3. The zero-order chi connectivity index (χ0) is 16.7. The molecular weight excluding hydrogens is 292 g/mol. The summed E-state index contributed by atoms with van der Waals surface area (Å²) in [6.07, 6.45) is 0. The van der Waals surface area contributed by atoms with E-state index in [0.29, 0.717) is 0 Å². The van der Waals surface area contributed by atoms with E-state index in [1.165, 1.54) is 10.8 Å². The topological polar surface area (TPSA) is 25.8 Å². The Balaban J connectivity index is 2.18. The van der Waals surface area contributed by atoms with Gasteiger partial charge in [-0.15, -0.1) is 0 Å². The van der Waals surface area contributed by atoms with Gasteiger partial charge in [0.1, 0.15) is 5.82 Å². The summed E-state index contributed by atoms with van der Waals surface area (Å²) in [6.45, 7) is 6.47. The van der Waals surface area contributed by atoms with Crippen molar-refractivity contribution in [1.82, 2.24) is 9.97 Å². The van der Waals surface area contributed by atoms with E-state index in [1.807, 2.05) is 6.07 Å². The van der Waals surface area contributed by atoms with Gasteiger partial charge in [0.05, 0.1) is 11.2 Å². The average Bonchev–Trinajstić information content (AvgIpc) is 2.60. The molecule has 0 bridgehead atoms. The molecule has 0 saturated heterocycles. The van der Waals surface area contributed by atoms with E-state index in [1.54, 1.807) is 0 Å². The Hall–Kier alpha value is -2.74. The molecule has 3 aromatic carbocycles. The first-order chi connectivity index (χ1) is 11.5. The minimum Gasteiger partial charge on any atom is -0.232 e. The smallest absolute Gasteiger partial charge is 0.135 e. The molecule has 1 aromatic heterocycles. The molecule has 0 aliphatic heterocycles. The largest absolute Gasteiger partial charge is 0.232 e. The summed E-state index contributed by atoms with van der Waals surface area (Å²) in [5.41, 5.74) is 3.06. The minimum absolute atomic E-state index is 0.0939. The minimum atomic E-state index is -0.0939. The Morgan fingerprint density at radius 2 is 1.42 bits per heavy atom. The van der Waals surface area contributed by atoms with Crippen molar-refractivity contribution < 1.29 is 0 Å². The van der Waals surface area contributed by atoms with Gasteiger partial charge < -0.3 is 0 Å². The van der Waals surface area contributed by atoms with Crippen LogP contribution in [0.4, 0.5) is 0 Å². The van der Waals surface area contributed by atoms with Gasteiger partial charge in [0, 0.05) is 16.4 Å². The standard InChI is InChI=1S/C22H20N2/c1-22(2,3)21-23-18-14-13-15-9-7-8-12-17(15)19(18)20(24-21)16-10-5-4-6-11-16/h4-14H,1-3H3. The molecule has 1 heterocycles. The molecule has 4 aromatic rings. The summed E-state index contributed by atoms with van der Waals surface area (Å²) in [6, 6.07) is 23.1. The van der Waals surface area contributed by atoms with Gasteiger partial charge >= 0.3 is 0 Å². The molecule has 2 heteroatoms. The molecule has 0 unspecified atom stereocenters. The maximum Gasteiger partial charge on any atom is 0.135 e. The summed E-state index contributed by atoms with van der Waals surface area (Å²) in [5.74, 6) is 0.879. The van der Waals surface area contributed by atoms with Crippen LogP contribution in [0.3, 0.4) is 0 Å². The van der Waals surface area contributed by atoms with Crippen LogP contribution >= 0.6 is 0 Å². The van der Waals surface area contributed by atoms with Gasteiger partial charge in [-0.2, -0.15) is 0 Å². The Kier molecular flexibility index (Phi) is 3.34. The Labute approximate surface area is 142 Å². The lowest BCUT2D eigenvalue weighted by Gasteiger charge is -2.19. The van der Waals surface area contributed by atoms with Crippen molar-refractivity contribution in [3.63, 3.8) is 0 Å². The Morgan fingerprint density at radius 3 is 2.17 bits per heavy atom. The predicted octanol–water partition coefficient (Wildman–Crippen LogP) is 5.75. The van der Waals surface area contributed by atoms with Crippen molar-refractivity contribution in [2.45, 2.75) is 26.2 Å². The fourth-order valence-electron chi connectivity index (χ4n) is 3.04. The highest BCUT2D eigenvalue weighted by Gasteiger charge is 2.21. The summed E-state index contributed by atoms with van der Waals surface area (Å²) in [5, 5.41) is 3.55. The molecule has 0 saturated carbocycles. The van der Waals surface area contributed by atoms with Crippen LogP contribution in [0.25, 0.3) is 32.9 Å². The van der Waals surface area contributed by atoms with Crippen molar-refractivity contribution in [2.24, 2.45) is 0 Å². The number of nitrogens with zero attached hydrogens (tertiary/aromatic N) is 2. The van der Waals surface area contributed by atoms with Crippen molar-refractivity contribution in [2.75, 3.05) is 0 Å². The highest BCUT2D eigenvalue weighted by molar-refractivity contribution is 6.12. The van der Waals surface area contributed by atoms with Gasteiger partial charge in [0.2, 0.25) is 0 Å². The molecule has 118 valence electrons. The maximum absolute atomic E-state index is 4.98. The predicted molar refractivity (Wildman–Crippen MR) is 101 cm³/mol. The number of hydrogen-bond donors (Lipinski definition) is 0. The SMILES string of the molecule is CC(C)(C)c1nc(-c2ccccc2)c2c(ccc3ccccc32)n1. The first-order valence-electron chi connectivity index (χ1n) is 8.29. The molecule has 0 atom stereocenters. The number of aromatic nitrogens is 2. The van der Waals surface area contributed by atoms with Gasteiger partial charge in [-0.05, 0) is 16.8 Å². The molecule has 0 N–H and O–H groups in total. The summed E-state index contributed by atoms with van der Waals surface area (Å²) >= 11 is 0. The summed E-state index contributed by atoms with van der Waals surface area (Å²) < 4.78 is 0. The highest BCUT2D eigenvalue weighted by Crippen LogP contribution is 2.34. The van der Waals surface area contributed by atoms with Gasteiger partial charge in [-0.1, -0.05) is 81.4 Å². The first-order valence-corrected chi connectivity index (χ1v) is 8.29. The molecular formula is C22H20N2. The van der Waals surface area contributed by atoms with Gasteiger partial charge in [-0.3, -0.25) is 0 Å². The van der Waals surface area contributed by atoms with Crippen molar-refractivity contribution in [1.29, 1.82) is 0 Å². The zero-order valence-corrected chi connectivity index (χ0v) is 14.2. The molecule has 0 amide bonds. The van der Waals surface area contributed by atoms with Crippen LogP contribution in [0.15, 0.2) is 66.7 Å². The monoisotopic (exact) mass is 312 g/mol. The van der Waals surface area contributed by atoms with Crippen LogP contribution < -0.4 is 0 Å². The van der Waals surface area contributed by atoms with E-state index < -0.39 is 0 Å². The molecule has 4 rings (SSSR count). The van der Waals surface area contributed by atoms with Crippen LogP contribution in [0.5, 0.6) is 0 Å². The number of benzene rings is 3. The molecule has 0 fully saturated rings. The molecule has 0 aliphatic rings. The van der Waals surface area contributed by atoms with Gasteiger partial charge in [0.25, 0.3) is 0 Å². The highest BCUT2D eigenvalue weighted by atomic mass is 14.9. The molecule has 2 nitrogen and oxygen atoms in total. The summed E-state index contributed by atoms with van der Waals surface area (Å²) in [4.78, 5) is 9.85. The van der Waals surface area contributed by atoms with Crippen LogP contribution in [0.1, 0.15) is 26.6 Å². The van der Waals surface area contributed by atoms with Crippen molar-refractivity contribution >= 4 is 21.7 Å². The zero-order valence-electron chi connectivity index (χ0n) is 14.2. The quantitative estimate of drug-likeness (QED) is 0.418. The van der Waals surface area contributed by atoms with E-state index in [0.717, 1.165) is 28.0 Å². The molecule has 24 heavy (non-hydrogen) atoms. The molecule has 0 radical (unpaired) electrons. The van der Waals surface area contributed by atoms with E-state index in [9.17, 15) is 0 Å². The fourth-order valence-corrected chi connectivity index (χ4v) is 3.04. The number of hydrogen-bond acceptors (Lipinski definition) is 2. The van der Waals surface area contributed by atoms with Crippen molar-refractivity contribution in [3.8, 4) is 11.3 Å². The van der Waals surface area contributed by atoms with Gasteiger partial charge in [0.15, 0.2) is 0 Å². The van der Waals surface area contributed by atoms with E-state index >= 15 is 0 Å². The Morgan fingerprint density at radius 1 is 0.708 bits per heavy atom. The van der Waals surface area contributed by atoms with E-state index in [-0.39, 0.29) is 5.41 Å². The summed E-state index contributed by atoms with van der Waals surface area (Å²) in [7, 11) is 0. The lowest BCUT2D eigenvalue weighted by molar-refractivity contribution is 0.549. The van der Waals surface area contributed by atoms with E-state index in [4.69, 9.17) is 9.97 Å². The lowest BCUT2D eigenvalue weighted by atomic mass is 9.94. The second kappa shape index (κ2) is 5.41. The molecule has 0 spiro atoms. The fraction of sp³-hybridized carbons (Fsp3) is 0.182. The second-order valence-corrected chi connectivity index (χ2v) is 7.19. The van der Waals surface area contributed by atoms with Crippen LogP contribution in [0, 0.1) is 0 Å².